The van der Waals surface area contributed by atoms with Gasteiger partial charge < -0.3 is 10.2 Å². The molecule has 2 aliphatic rings. The first kappa shape index (κ1) is 10.4. The van der Waals surface area contributed by atoms with Crippen molar-refractivity contribution >= 4 is 0 Å². The second-order valence-electron chi connectivity index (χ2n) is 4.98. The minimum absolute atomic E-state index is 0.770. The topological polar surface area (TPSA) is 18.5 Å². The molecule has 0 unspecified atom stereocenters. The fourth-order valence-electron chi connectivity index (χ4n) is 2.41. The molecular weight excluding hydrogens is 174 g/mol. The molecule has 0 amide bonds. The van der Waals surface area contributed by atoms with Gasteiger partial charge in [-0.1, -0.05) is 6.42 Å². The van der Waals surface area contributed by atoms with Crippen LogP contribution in [0.1, 0.15) is 19.3 Å². The molecule has 2 heterocycles. The first-order valence-electron chi connectivity index (χ1n) is 5.88. The summed E-state index contributed by atoms with van der Waals surface area (Å²) in [5.74, 6) is 0. The molecule has 2 fully saturated rings. The lowest BCUT2D eigenvalue weighted by atomic mass is 10.0. The summed E-state index contributed by atoms with van der Waals surface area (Å²) in [6, 6.07) is 1.57. The molecule has 1 atom stereocenters. The smallest absolute Gasteiger partial charge is 0.0344 e. The van der Waals surface area contributed by atoms with E-state index in [1.54, 1.807) is 0 Å². The third-order valence-corrected chi connectivity index (χ3v) is 3.56. The molecule has 0 aromatic rings. The molecule has 2 aliphatic heterocycles. The van der Waals surface area contributed by atoms with Gasteiger partial charge in [0, 0.05) is 31.7 Å². The van der Waals surface area contributed by atoms with E-state index in [1.165, 1.54) is 45.4 Å². The van der Waals surface area contributed by atoms with Gasteiger partial charge in [-0.2, -0.15) is 0 Å². The van der Waals surface area contributed by atoms with Crippen molar-refractivity contribution in [2.75, 3.05) is 40.3 Å². The van der Waals surface area contributed by atoms with Crippen LogP contribution in [0, 0.1) is 0 Å². The lowest BCUT2D eigenvalue weighted by Gasteiger charge is -2.44. The second kappa shape index (κ2) is 4.60. The molecule has 0 aromatic heterocycles. The van der Waals surface area contributed by atoms with Gasteiger partial charge >= 0.3 is 0 Å². The molecule has 82 valence electrons. The highest BCUT2D eigenvalue weighted by atomic mass is 15.3. The van der Waals surface area contributed by atoms with Crippen molar-refractivity contribution in [1.82, 2.24) is 15.1 Å². The highest BCUT2D eigenvalue weighted by molar-refractivity contribution is 4.88. The molecule has 3 heteroatoms. The Morgan fingerprint density at radius 2 is 2.07 bits per heavy atom. The average Bonchev–Trinajstić information content (AvgIpc) is 2.12. The van der Waals surface area contributed by atoms with Gasteiger partial charge in [-0.3, -0.25) is 4.90 Å². The third-order valence-electron chi connectivity index (χ3n) is 3.56. The summed E-state index contributed by atoms with van der Waals surface area (Å²) >= 11 is 0. The van der Waals surface area contributed by atoms with Crippen LogP contribution in [0.4, 0.5) is 0 Å². The summed E-state index contributed by atoms with van der Waals surface area (Å²) in [6.45, 7) is 5.04. The number of piperidine rings is 1. The average molecular weight is 197 g/mol. The number of hydrogen-bond acceptors (Lipinski definition) is 3. The molecule has 2 saturated heterocycles. The van der Waals surface area contributed by atoms with E-state index in [-0.39, 0.29) is 0 Å². The van der Waals surface area contributed by atoms with Gasteiger partial charge in [0.2, 0.25) is 0 Å². The van der Waals surface area contributed by atoms with Crippen molar-refractivity contribution in [3.05, 3.63) is 0 Å². The predicted octanol–water partition coefficient (Wildman–Crippen LogP) is 0.374. The van der Waals surface area contributed by atoms with E-state index in [2.05, 4.69) is 29.2 Å². The summed E-state index contributed by atoms with van der Waals surface area (Å²) in [4.78, 5) is 4.92. The molecule has 0 aliphatic carbocycles. The van der Waals surface area contributed by atoms with Gasteiger partial charge in [-0.25, -0.2) is 0 Å². The molecule has 0 radical (unpaired) electrons. The Bertz CT molecular complexity index is 169. The molecule has 3 nitrogen and oxygen atoms in total. The van der Waals surface area contributed by atoms with E-state index >= 15 is 0 Å². The zero-order valence-electron chi connectivity index (χ0n) is 9.50. The van der Waals surface area contributed by atoms with Crippen molar-refractivity contribution in [2.24, 2.45) is 0 Å². The molecule has 1 N–H and O–H groups in total. The number of hydrogen-bond donors (Lipinski definition) is 1. The van der Waals surface area contributed by atoms with Gasteiger partial charge in [0.1, 0.15) is 0 Å². The largest absolute Gasteiger partial charge is 0.313 e. The molecule has 0 bridgehead atoms. The van der Waals surface area contributed by atoms with Gasteiger partial charge in [0.25, 0.3) is 0 Å². The number of nitrogens with zero attached hydrogens (tertiary/aromatic N) is 2. The summed E-state index contributed by atoms with van der Waals surface area (Å²) in [5, 5.41) is 3.61. The minimum atomic E-state index is 0.770. The van der Waals surface area contributed by atoms with E-state index in [4.69, 9.17) is 0 Å². The Hall–Kier alpha value is -0.120. The summed E-state index contributed by atoms with van der Waals surface area (Å²) in [6.07, 6.45) is 4.17. The first-order valence-corrected chi connectivity index (χ1v) is 5.88. The lowest BCUT2D eigenvalue weighted by molar-refractivity contribution is 0.0527. The quantitative estimate of drug-likeness (QED) is 0.705. The summed E-state index contributed by atoms with van der Waals surface area (Å²) in [5.41, 5.74) is 0. The Kier molecular flexibility index (Phi) is 3.42. The Morgan fingerprint density at radius 1 is 1.29 bits per heavy atom. The van der Waals surface area contributed by atoms with Crippen LogP contribution in [0.2, 0.25) is 0 Å². The summed E-state index contributed by atoms with van der Waals surface area (Å²) in [7, 11) is 4.36. The molecule has 14 heavy (non-hydrogen) atoms. The molecule has 0 aromatic carbocycles. The zero-order chi connectivity index (χ0) is 9.97. The predicted molar refractivity (Wildman–Crippen MR) is 59.6 cm³/mol. The fourth-order valence-corrected chi connectivity index (χ4v) is 2.41. The zero-order valence-corrected chi connectivity index (χ0v) is 9.50. The second-order valence-corrected chi connectivity index (χ2v) is 4.98. The van der Waals surface area contributed by atoms with Crippen LogP contribution >= 0.6 is 0 Å². The maximum absolute atomic E-state index is 3.61. The van der Waals surface area contributed by atoms with Gasteiger partial charge in [0.15, 0.2) is 0 Å². The number of likely N-dealkylation sites (N-methyl/N-ethyl adjacent to an activating group) is 1. The van der Waals surface area contributed by atoms with Crippen LogP contribution in [0.5, 0.6) is 0 Å². The van der Waals surface area contributed by atoms with Gasteiger partial charge in [-0.15, -0.1) is 0 Å². The van der Waals surface area contributed by atoms with Crippen LogP contribution in [-0.2, 0) is 0 Å². The van der Waals surface area contributed by atoms with E-state index in [9.17, 15) is 0 Å². The molecule has 0 saturated carbocycles. The fraction of sp³-hybridized carbons (Fsp3) is 1.00. The van der Waals surface area contributed by atoms with Crippen molar-refractivity contribution in [3.8, 4) is 0 Å². The number of nitrogens with one attached hydrogen (secondary N) is 1. The Morgan fingerprint density at radius 3 is 2.64 bits per heavy atom. The molecule has 0 spiro atoms. The maximum Gasteiger partial charge on any atom is 0.0344 e. The monoisotopic (exact) mass is 197 g/mol. The van der Waals surface area contributed by atoms with Crippen LogP contribution in [0.25, 0.3) is 0 Å². The van der Waals surface area contributed by atoms with E-state index in [1.807, 2.05) is 0 Å². The van der Waals surface area contributed by atoms with Crippen LogP contribution < -0.4 is 5.32 Å². The van der Waals surface area contributed by atoms with Crippen molar-refractivity contribution in [1.29, 1.82) is 0 Å². The van der Waals surface area contributed by atoms with Crippen LogP contribution in [0.3, 0.4) is 0 Å². The van der Waals surface area contributed by atoms with Crippen molar-refractivity contribution in [3.63, 3.8) is 0 Å². The van der Waals surface area contributed by atoms with E-state index in [0.29, 0.717) is 0 Å². The van der Waals surface area contributed by atoms with Crippen LogP contribution in [-0.4, -0.2) is 62.2 Å². The Labute approximate surface area is 87.4 Å². The highest BCUT2D eigenvalue weighted by Crippen LogP contribution is 2.15. The van der Waals surface area contributed by atoms with Crippen LogP contribution in [0.15, 0.2) is 0 Å². The number of rotatable bonds is 3. The first-order chi connectivity index (χ1) is 6.75. The molecular formula is C11H23N3. The SMILES string of the molecule is CN(C)C1CN(C[C@H]2CCCCN2)C1. The van der Waals surface area contributed by atoms with E-state index < -0.39 is 0 Å². The molecule has 2 rings (SSSR count). The number of likely N-dealkylation sites (tertiary alicyclic amines) is 1. The van der Waals surface area contributed by atoms with Crippen molar-refractivity contribution < 1.29 is 0 Å². The third kappa shape index (κ3) is 2.47. The minimum Gasteiger partial charge on any atom is -0.313 e. The lowest BCUT2D eigenvalue weighted by Crippen LogP contribution is -2.60. The van der Waals surface area contributed by atoms with E-state index in [0.717, 1.165) is 12.1 Å². The van der Waals surface area contributed by atoms with Gasteiger partial charge in [0.05, 0.1) is 0 Å². The highest BCUT2D eigenvalue weighted by Gasteiger charge is 2.29. The summed E-state index contributed by atoms with van der Waals surface area (Å²) < 4.78 is 0. The van der Waals surface area contributed by atoms with Crippen molar-refractivity contribution in [2.45, 2.75) is 31.3 Å². The van der Waals surface area contributed by atoms with Gasteiger partial charge in [-0.05, 0) is 33.5 Å². The maximum atomic E-state index is 3.61. The Balaban J connectivity index is 1.63. The standard InChI is InChI=1S/C11H23N3/c1-13(2)11-8-14(9-11)7-10-5-3-4-6-12-10/h10-12H,3-9H2,1-2H3/t10-/m1/s1. The normalized spacial score (nSPS) is 30.6.